The summed E-state index contributed by atoms with van der Waals surface area (Å²) >= 11 is 0. The summed E-state index contributed by atoms with van der Waals surface area (Å²) in [5, 5.41) is 3.08. The zero-order valence-electron chi connectivity index (χ0n) is 17.2. The van der Waals surface area contributed by atoms with Crippen LogP contribution in [-0.2, 0) is 9.59 Å². The quantitative estimate of drug-likeness (QED) is 0.829. The Balaban J connectivity index is 1.12. The molecule has 1 saturated carbocycles. The zero-order valence-corrected chi connectivity index (χ0v) is 17.2. The largest absolute Gasteiger partial charge is 0.457 e. The fourth-order valence-electron chi connectivity index (χ4n) is 5.26. The number of nitrogens with one attached hydrogen (secondary N) is 1. The second-order valence-electron chi connectivity index (χ2n) is 9.02. The van der Waals surface area contributed by atoms with Gasteiger partial charge in [-0.15, -0.1) is 0 Å². The molecule has 3 aliphatic rings. The summed E-state index contributed by atoms with van der Waals surface area (Å²) in [4.78, 5) is 26.4. The van der Waals surface area contributed by atoms with Crippen molar-refractivity contribution in [1.82, 2.24) is 10.2 Å². The molecule has 2 saturated heterocycles. The van der Waals surface area contributed by atoms with Gasteiger partial charge in [0, 0.05) is 31.0 Å². The third-order valence-corrected chi connectivity index (χ3v) is 7.00. The molecular formula is C25H28N2O3. The molecule has 0 radical (unpaired) electrons. The first-order chi connectivity index (χ1) is 14.6. The average molecular weight is 405 g/mol. The molecule has 1 N–H and O–H groups in total. The minimum absolute atomic E-state index is 0.0701. The zero-order chi connectivity index (χ0) is 20.6. The number of carbonyl (C=O) groups is 2. The Morgan fingerprint density at radius 1 is 0.967 bits per heavy atom. The van der Waals surface area contributed by atoms with Crippen LogP contribution >= 0.6 is 0 Å². The standard InChI is InChI=1S/C25H28N2O3/c28-23-10-13-25(26-23)16-20(17-25)24(29)27-14-11-19(12-15-27)18-6-8-22(9-7-18)30-21-4-2-1-3-5-21/h1-9,19-20H,10-17H2,(H,26,28). The number of ether oxygens (including phenoxy) is 1. The van der Waals surface area contributed by atoms with Crippen LogP contribution in [-0.4, -0.2) is 35.3 Å². The first-order valence-corrected chi connectivity index (χ1v) is 11.0. The van der Waals surface area contributed by atoms with Gasteiger partial charge in [0.15, 0.2) is 0 Å². The summed E-state index contributed by atoms with van der Waals surface area (Å²) in [5.41, 5.74) is 1.25. The van der Waals surface area contributed by atoms with Crippen LogP contribution in [0.4, 0.5) is 0 Å². The lowest BCUT2D eigenvalue weighted by atomic mass is 9.67. The molecular weight excluding hydrogens is 376 g/mol. The van der Waals surface area contributed by atoms with Crippen LogP contribution in [0.2, 0.25) is 0 Å². The summed E-state index contributed by atoms with van der Waals surface area (Å²) in [7, 11) is 0. The van der Waals surface area contributed by atoms with Gasteiger partial charge in [-0.2, -0.15) is 0 Å². The van der Waals surface area contributed by atoms with Crippen LogP contribution in [0.5, 0.6) is 11.5 Å². The number of likely N-dealkylation sites (tertiary alicyclic amines) is 1. The number of carbonyl (C=O) groups excluding carboxylic acids is 2. The molecule has 1 aliphatic carbocycles. The van der Waals surface area contributed by atoms with E-state index in [0.717, 1.165) is 56.7 Å². The molecule has 0 unspecified atom stereocenters. The second-order valence-corrected chi connectivity index (χ2v) is 9.02. The Bertz CT molecular complexity index is 911. The van der Waals surface area contributed by atoms with Crippen molar-refractivity contribution in [1.29, 1.82) is 0 Å². The Hall–Kier alpha value is -2.82. The molecule has 0 bridgehead atoms. The maximum Gasteiger partial charge on any atom is 0.225 e. The summed E-state index contributed by atoms with van der Waals surface area (Å²) in [5.74, 6) is 2.69. The molecule has 156 valence electrons. The van der Waals surface area contributed by atoms with E-state index in [1.54, 1.807) is 0 Å². The first-order valence-electron chi connectivity index (χ1n) is 11.0. The van der Waals surface area contributed by atoms with Crippen molar-refractivity contribution >= 4 is 11.8 Å². The molecule has 0 atom stereocenters. The van der Waals surface area contributed by atoms with Crippen LogP contribution < -0.4 is 10.1 Å². The SMILES string of the molecule is O=C1CCC2(CC(C(=O)N3CCC(c4ccc(Oc5ccccc5)cc4)CC3)C2)N1. The van der Waals surface area contributed by atoms with Crippen molar-refractivity contribution < 1.29 is 14.3 Å². The molecule has 3 fully saturated rings. The minimum atomic E-state index is -0.0701. The van der Waals surface area contributed by atoms with E-state index in [1.165, 1.54) is 5.56 Å². The summed E-state index contributed by atoms with van der Waals surface area (Å²) in [6, 6.07) is 18.2. The number of para-hydroxylation sites is 1. The molecule has 2 aromatic rings. The van der Waals surface area contributed by atoms with E-state index >= 15 is 0 Å². The van der Waals surface area contributed by atoms with Gasteiger partial charge in [0.1, 0.15) is 11.5 Å². The number of hydrogen-bond donors (Lipinski definition) is 1. The third-order valence-electron chi connectivity index (χ3n) is 7.00. The van der Waals surface area contributed by atoms with Crippen LogP contribution in [0.1, 0.15) is 50.0 Å². The van der Waals surface area contributed by atoms with Crippen molar-refractivity contribution in [3.8, 4) is 11.5 Å². The Kier molecular flexibility index (Phi) is 4.97. The van der Waals surface area contributed by atoms with Gasteiger partial charge in [0.2, 0.25) is 11.8 Å². The van der Waals surface area contributed by atoms with Crippen molar-refractivity contribution in [3.63, 3.8) is 0 Å². The maximum atomic E-state index is 12.9. The minimum Gasteiger partial charge on any atom is -0.457 e. The molecule has 5 heteroatoms. The van der Waals surface area contributed by atoms with Gasteiger partial charge in [-0.05, 0) is 67.9 Å². The molecule has 5 rings (SSSR count). The summed E-state index contributed by atoms with van der Waals surface area (Å²) < 4.78 is 5.88. The highest BCUT2D eigenvalue weighted by Crippen LogP contribution is 2.45. The summed E-state index contributed by atoms with van der Waals surface area (Å²) in [6.45, 7) is 1.64. The van der Waals surface area contributed by atoms with Gasteiger partial charge < -0.3 is 15.0 Å². The third kappa shape index (κ3) is 3.81. The van der Waals surface area contributed by atoms with Gasteiger partial charge >= 0.3 is 0 Å². The van der Waals surface area contributed by atoms with E-state index in [4.69, 9.17) is 4.74 Å². The molecule has 5 nitrogen and oxygen atoms in total. The highest BCUT2D eigenvalue weighted by Gasteiger charge is 2.51. The average Bonchev–Trinajstić information content (AvgIpc) is 3.16. The second kappa shape index (κ2) is 7.78. The van der Waals surface area contributed by atoms with E-state index in [9.17, 15) is 9.59 Å². The number of nitrogens with zero attached hydrogens (tertiary/aromatic N) is 1. The maximum absolute atomic E-state index is 12.9. The molecule has 2 heterocycles. The van der Waals surface area contributed by atoms with Crippen LogP contribution in [0.3, 0.4) is 0 Å². The van der Waals surface area contributed by atoms with Crippen molar-refractivity contribution in [2.24, 2.45) is 5.92 Å². The van der Waals surface area contributed by atoms with Gasteiger partial charge in [0.25, 0.3) is 0 Å². The highest BCUT2D eigenvalue weighted by molar-refractivity contribution is 5.83. The smallest absolute Gasteiger partial charge is 0.225 e. The van der Waals surface area contributed by atoms with Crippen molar-refractivity contribution in [3.05, 3.63) is 60.2 Å². The predicted molar refractivity (Wildman–Crippen MR) is 114 cm³/mol. The lowest BCUT2D eigenvalue weighted by molar-refractivity contribution is -0.142. The van der Waals surface area contributed by atoms with E-state index in [-0.39, 0.29) is 23.3 Å². The van der Waals surface area contributed by atoms with Crippen LogP contribution in [0.15, 0.2) is 54.6 Å². The number of rotatable bonds is 4. The molecule has 1 spiro atoms. The Labute approximate surface area is 177 Å². The number of benzene rings is 2. The Morgan fingerprint density at radius 2 is 1.63 bits per heavy atom. The normalized spacial score (nSPS) is 26.3. The number of amides is 2. The lowest BCUT2D eigenvalue weighted by Crippen LogP contribution is -2.57. The fourth-order valence-corrected chi connectivity index (χ4v) is 5.26. The molecule has 30 heavy (non-hydrogen) atoms. The number of hydrogen-bond acceptors (Lipinski definition) is 3. The Morgan fingerprint density at radius 3 is 2.27 bits per heavy atom. The van der Waals surface area contributed by atoms with Gasteiger partial charge in [-0.25, -0.2) is 0 Å². The fraction of sp³-hybridized carbons (Fsp3) is 0.440. The van der Waals surface area contributed by atoms with E-state index in [0.29, 0.717) is 12.3 Å². The monoisotopic (exact) mass is 404 g/mol. The lowest BCUT2D eigenvalue weighted by Gasteiger charge is -2.46. The topological polar surface area (TPSA) is 58.6 Å². The van der Waals surface area contributed by atoms with E-state index in [2.05, 4.69) is 17.4 Å². The molecule has 2 amide bonds. The van der Waals surface area contributed by atoms with Crippen LogP contribution in [0, 0.1) is 5.92 Å². The first kappa shape index (κ1) is 19.2. The van der Waals surface area contributed by atoms with Gasteiger partial charge in [-0.3, -0.25) is 9.59 Å². The molecule has 2 aliphatic heterocycles. The molecule has 0 aromatic heterocycles. The van der Waals surface area contributed by atoms with E-state index < -0.39 is 0 Å². The molecule has 2 aromatic carbocycles. The van der Waals surface area contributed by atoms with Crippen molar-refractivity contribution in [2.75, 3.05) is 13.1 Å². The van der Waals surface area contributed by atoms with Gasteiger partial charge in [-0.1, -0.05) is 30.3 Å². The summed E-state index contributed by atoms with van der Waals surface area (Å²) in [6.07, 6.45) is 5.14. The number of piperidine rings is 1. The van der Waals surface area contributed by atoms with E-state index in [1.807, 2.05) is 47.4 Å². The van der Waals surface area contributed by atoms with Gasteiger partial charge in [0.05, 0.1) is 0 Å². The predicted octanol–water partition coefficient (Wildman–Crippen LogP) is 4.24. The highest BCUT2D eigenvalue weighted by atomic mass is 16.5. The van der Waals surface area contributed by atoms with Crippen LogP contribution in [0.25, 0.3) is 0 Å². The van der Waals surface area contributed by atoms with Crippen molar-refractivity contribution in [2.45, 2.75) is 50.0 Å².